The van der Waals surface area contributed by atoms with E-state index in [0.29, 0.717) is 6.42 Å². The zero-order valence-electron chi connectivity index (χ0n) is 8.23. The number of carbonyl (C=O) groups is 1. The molecule has 0 unspecified atom stereocenters. The molecule has 1 N–H and O–H groups in total. The van der Waals surface area contributed by atoms with Crippen molar-refractivity contribution in [2.45, 2.75) is 19.8 Å². The van der Waals surface area contributed by atoms with E-state index in [0.717, 1.165) is 12.0 Å². The average molecular weight is 190 g/mol. The van der Waals surface area contributed by atoms with Gasteiger partial charge in [-0.05, 0) is 12.0 Å². The molecule has 1 aromatic carbocycles. The summed E-state index contributed by atoms with van der Waals surface area (Å²) in [6, 6.07) is 9.64. The van der Waals surface area contributed by atoms with Crippen molar-refractivity contribution < 1.29 is 4.79 Å². The SMILES string of the molecule is CCCC(=O)N/N=C/c1ccccc1. The Balaban J connectivity index is 2.38. The van der Waals surface area contributed by atoms with E-state index < -0.39 is 0 Å². The van der Waals surface area contributed by atoms with Crippen LogP contribution in [0.1, 0.15) is 25.3 Å². The number of benzene rings is 1. The van der Waals surface area contributed by atoms with E-state index in [4.69, 9.17) is 0 Å². The first-order chi connectivity index (χ1) is 6.83. The van der Waals surface area contributed by atoms with Gasteiger partial charge in [0.25, 0.3) is 0 Å². The first-order valence-electron chi connectivity index (χ1n) is 4.70. The number of rotatable bonds is 4. The Kier molecular flexibility index (Phi) is 4.41. The van der Waals surface area contributed by atoms with Crippen LogP contribution in [0.4, 0.5) is 0 Å². The van der Waals surface area contributed by atoms with E-state index in [1.54, 1.807) is 6.21 Å². The van der Waals surface area contributed by atoms with Gasteiger partial charge < -0.3 is 0 Å². The lowest BCUT2D eigenvalue weighted by Crippen LogP contribution is -2.16. The lowest BCUT2D eigenvalue weighted by molar-refractivity contribution is -0.121. The number of carbonyl (C=O) groups excluding carboxylic acids is 1. The highest BCUT2D eigenvalue weighted by Crippen LogP contribution is 1.93. The molecule has 74 valence electrons. The Morgan fingerprint density at radius 1 is 1.43 bits per heavy atom. The second kappa shape index (κ2) is 5.91. The van der Waals surface area contributed by atoms with E-state index in [-0.39, 0.29) is 5.91 Å². The molecule has 0 radical (unpaired) electrons. The van der Waals surface area contributed by atoms with E-state index >= 15 is 0 Å². The molecular weight excluding hydrogens is 176 g/mol. The summed E-state index contributed by atoms with van der Waals surface area (Å²) >= 11 is 0. The monoisotopic (exact) mass is 190 g/mol. The second-order valence-electron chi connectivity index (χ2n) is 2.95. The van der Waals surface area contributed by atoms with Crippen LogP contribution >= 0.6 is 0 Å². The molecule has 3 nitrogen and oxygen atoms in total. The fourth-order valence-electron chi connectivity index (χ4n) is 1.00. The molecular formula is C11H14N2O. The van der Waals surface area contributed by atoms with Crippen molar-refractivity contribution in [3.05, 3.63) is 35.9 Å². The van der Waals surface area contributed by atoms with Gasteiger partial charge in [0.2, 0.25) is 5.91 Å². The minimum atomic E-state index is -0.0420. The van der Waals surface area contributed by atoms with Gasteiger partial charge in [0.15, 0.2) is 0 Å². The molecule has 0 heterocycles. The molecule has 0 aliphatic carbocycles. The zero-order valence-corrected chi connectivity index (χ0v) is 8.23. The average Bonchev–Trinajstić information content (AvgIpc) is 2.20. The number of hydrogen-bond acceptors (Lipinski definition) is 2. The number of nitrogens with zero attached hydrogens (tertiary/aromatic N) is 1. The van der Waals surface area contributed by atoms with Gasteiger partial charge in [-0.1, -0.05) is 37.3 Å². The first kappa shape index (κ1) is 10.4. The topological polar surface area (TPSA) is 41.5 Å². The maximum atomic E-state index is 11.0. The summed E-state index contributed by atoms with van der Waals surface area (Å²) < 4.78 is 0. The van der Waals surface area contributed by atoms with Crippen molar-refractivity contribution >= 4 is 12.1 Å². The smallest absolute Gasteiger partial charge is 0.240 e. The van der Waals surface area contributed by atoms with E-state index in [2.05, 4.69) is 10.5 Å². The maximum absolute atomic E-state index is 11.0. The van der Waals surface area contributed by atoms with Gasteiger partial charge in [-0.15, -0.1) is 0 Å². The second-order valence-corrected chi connectivity index (χ2v) is 2.95. The summed E-state index contributed by atoms with van der Waals surface area (Å²) in [7, 11) is 0. The molecule has 0 spiro atoms. The van der Waals surface area contributed by atoms with Crippen LogP contribution < -0.4 is 5.43 Å². The third-order valence-electron chi connectivity index (χ3n) is 1.68. The number of hydrazone groups is 1. The Morgan fingerprint density at radius 3 is 2.79 bits per heavy atom. The van der Waals surface area contributed by atoms with Crippen LogP contribution in [0.2, 0.25) is 0 Å². The van der Waals surface area contributed by atoms with Crippen molar-refractivity contribution in [1.29, 1.82) is 0 Å². The summed E-state index contributed by atoms with van der Waals surface area (Å²) in [6.07, 6.45) is 2.99. The highest BCUT2D eigenvalue weighted by atomic mass is 16.2. The van der Waals surface area contributed by atoms with E-state index in [1.165, 1.54) is 0 Å². The molecule has 0 bridgehead atoms. The summed E-state index contributed by atoms with van der Waals surface area (Å²) in [5.41, 5.74) is 3.44. The van der Waals surface area contributed by atoms with Crippen LogP contribution in [-0.4, -0.2) is 12.1 Å². The molecule has 14 heavy (non-hydrogen) atoms. The van der Waals surface area contributed by atoms with Gasteiger partial charge in [-0.3, -0.25) is 4.79 Å². The highest BCUT2D eigenvalue weighted by Gasteiger charge is 1.94. The van der Waals surface area contributed by atoms with Crippen LogP contribution in [-0.2, 0) is 4.79 Å². The lowest BCUT2D eigenvalue weighted by atomic mass is 10.2. The molecule has 0 aromatic heterocycles. The van der Waals surface area contributed by atoms with Crippen molar-refractivity contribution in [2.24, 2.45) is 5.10 Å². The van der Waals surface area contributed by atoms with Gasteiger partial charge >= 0.3 is 0 Å². The van der Waals surface area contributed by atoms with Crippen LogP contribution in [0.5, 0.6) is 0 Å². The highest BCUT2D eigenvalue weighted by molar-refractivity contribution is 5.82. The van der Waals surface area contributed by atoms with Crippen LogP contribution in [0.15, 0.2) is 35.4 Å². The van der Waals surface area contributed by atoms with Gasteiger partial charge in [-0.2, -0.15) is 5.10 Å². The van der Waals surface area contributed by atoms with E-state index in [9.17, 15) is 4.79 Å². The quantitative estimate of drug-likeness (QED) is 0.572. The summed E-state index contributed by atoms with van der Waals surface area (Å²) in [5.74, 6) is -0.0420. The molecule has 0 saturated heterocycles. The largest absolute Gasteiger partial charge is 0.273 e. The third kappa shape index (κ3) is 3.85. The third-order valence-corrected chi connectivity index (χ3v) is 1.68. The Bertz CT molecular complexity index is 306. The number of hydrogen-bond donors (Lipinski definition) is 1. The van der Waals surface area contributed by atoms with Crippen molar-refractivity contribution in [2.75, 3.05) is 0 Å². The molecule has 0 fully saturated rings. The van der Waals surface area contributed by atoms with Gasteiger partial charge in [0.1, 0.15) is 0 Å². The minimum absolute atomic E-state index is 0.0420. The maximum Gasteiger partial charge on any atom is 0.240 e. The Hall–Kier alpha value is -1.64. The standard InChI is InChI=1S/C11H14N2O/c1-2-6-11(14)13-12-9-10-7-4-3-5-8-10/h3-5,7-9H,2,6H2,1H3,(H,13,14)/b12-9+. The summed E-state index contributed by atoms with van der Waals surface area (Å²) in [5, 5.41) is 3.84. The predicted octanol–water partition coefficient (Wildman–Crippen LogP) is 1.94. The lowest BCUT2D eigenvalue weighted by Gasteiger charge is -1.95. The fourth-order valence-corrected chi connectivity index (χ4v) is 1.00. The predicted molar refractivity (Wildman–Crippen MR) is 57.1 cm³/mol. The molecule has 0 aliphatic heterocycles. The molecule has 1 rings (SSSR count). The Labute approximate surface area is 83.8 Å². The van der Waals surface area contributed by atoms with Crippen LogP contribution in [0.3, 0.4) is 0 Å². The van der Waals surface area contributed by atoms with Crippen molar-refractivity contribution in [3.63, 3.8) is 0 Å². The summed E-state index contributed by atoms with van der Waals surface area (Å²) in [4.78, 5) is 11.0. The fraction of sp³-hybridized carbons (Fsp3) is 0.273. The molecule has 1 amide bonds. The zero-order chi connectivity index (χ0) is 10.2. The van der Waals surface area contributed by atoms with Crippen LogP contribution in [0, 0.1) is 0 Å². The Morgan fingerprint density at radius 2 is 2.14 bits per heavy atom. The number of amides is 1. The normalized spacial score (nSPS) is 10.4. The number of nitrogens with one attached hydrogen (secondary N) is 1. The molecule has 0 atom stereocenters. The van der Waals surface area contributed by atoms with Gasteiger partial charge in [0.05, 0.1) is 6.21 Å². The van der Waals surface area contributed by atoms with Gasteiger partial charge in [0, 0.05) is 6.42 Å². The molecule has 3 heteroatoms. The summed E-state index contributed by atoms with van der Waals surface area (Å²) in [6.45, 7) is 1.96. The van der Waals surface area contributed by atoms with E-state index in [1.807, 2.05) is 37.3 Å². The van der Waals surface area contributed by atoms with Gasteiger partial charge in [-0.25, -0.2) is 5.43 Å². The van der Waals surface area contributed by atoms with Crippen molar-refractivity contribution in [1.82, 2.24) is 5.43 Å². The van der Waals surface area contributed by atoms with Crippen molar-refractivity contribution in [3.8, 4) is 0 Å². The molecule has 1 aromatic rings. The molecule has 0 saturated carbocycles. The molecule has 0 aliphatic rings. The first-order valence-corrected chi connectivity index (χ1v) is 4.70. The van der Waals surface area contributed by atoms with Crippen LogP contribution in [0.25, 0.3) is 0 Å². The minimum Gasteiger partial charge on any atom is -0.273 e.